The predicted molar refractivity (Wildman–Crippen MR) is 69.8 cm³/mol. The summed E-state index contributed by atoms with van der Waals surface area (Å²) in [5, 5.41) is 3.35. The largest absolute Gasteiger partial charge is 0.469 e. The average molecular weight is 241 g/mol. The van der Waals surface area contributed by atoms with E-state index in [4.69, 9.17) is 4.74 Å². The second kappa shape index (κ2) is 5.38. The summed E-state index contributed by atoms with van der Waals surface area (Å²) in [4.78, 5) is 11.5. The summed E-state index contributed by atoms with van der Waals surface area (Å²) < 4.78 is 4.79. The molecule has 1 rings (SSSR count). The highest BCUT2D eigenvalue weighted by atomic mass is 16.5. The van der Waals surface area contributed by atoms with Crippen molar-refractivity contribution in [1.82, 2.24) is 5.32 Å². The van der Waals surface area contributed by atoms with Crippen LogP contribution in [0, 0.1) is 11.3 Å². The molecular formula is C14H27NO2. The second-order valence-electron chi connectivity index (χ2n) is 6.42. The van der Waals surface area contributed by atoms with Crippen LogP contribution in [-0.4, -0.2) is 25.7 Å². The van der Waals surface area contributed by atoms with E-state index in [2.05, 4.69) is 26.1 Å². The summed E-state index contributed by atoms with van der Waals surface area (Å²) in [6.07, 6.45) is 5.03. The van der Waals surface area contributed by atoms with Crippen molar-refractivity contribution < 1.29 is 9.53 Å². The Kier molecular flexibility index (Phi) is 4.59. The van der Waals surface area contributed by atoms with Crippen LogP contribution in [0.2, 0.25) is 0 Å². The summed E-state index contributed by atoms with van der Waals surface area (Å²) in [6.45, 7) is 6.93. The lowest BCUT2D eigenvalue weighted by atomic mass is 9.66. The number of nitrogens with one attached hydrogen (secondary N) is 1. The van der Waals surface area contributed by atoms with Crippen LogP contribution in [0.15, 0.2) is 0 Å². The van der Waals surface area contributed by atoms with Gasteiger partial charge in [0.2, 0.25) is 0 Å². The number of ether oxygens (including phenoxy) is 1. The first-order valence-electron chi connectivity index (χ1n) is 6.59. The van der Waals surface area contributed by atoms with Crippen LogP contribution >= 0.6 is 0 Å². The molecular weight excluding hydrogens is 214 g/mol. The van der Waals surface area contributed by atoms with Gasteiger partial charge in [0.05, 0.1) is 13.5 Å². The molecule has 0 saturated heterocycles. The van der Waals surface area contributed by atoms with Gasteiger partial charge in [-0.25, -0.2) is 0 Å². The van der Waals surface area contributed by atoms with Crippen molar-refractivity contribution in [3.63, 3.8) is 0 Å². The first kappa shape index (κ1) is 14.5. The van der Waals surface area contributed by atoms with Gasteiger partial charge < -0.3 is 10.1 Å². The highest BCUT2D eigenvalue weighted by Gasteiger charge is 2.39. The molecule has 3 nitrogen and oxygen atoms in total. The third-order valence-corrected chi connectivity index (χ3v) is 4.41. The minimum absolute atomic E-state index is 0.0329. The quantitative estimate of drug-likeness (QED) is 0.772. The normalized spacial score (nSPS) is 30.1. The van der Waals surface area contributed by atoms with E-state index in [1.165, 1.54) is 20.0 Å². The lowest BCUT2D eigenvalue weighted by molar-refractivity contribution is -0.142. The molecule has 0 aromatic rings. The Labute approximate surface area is 105 Å². The number of hydrogen-bond donors (Lipinski definition) is 1. The van der Waals surface area contributed by atoms with E-state index in [1.807, 2.05) is 7.05 Å². The fourth-order valence-corrected chi connectivity index (χ4v) is 2.90. The van der Waals surface area contributed by atoms with Crippen LogP contribution in [0.1, 0.15) is 52.9 Å². The van der Waals surface area contributed by atoms with Crippen LogP contribution in [-0.2, 0) is 9.53 Å². The molecule has 0 unspecified atom stereocenters. The number of carbonyl (C=O) groups is 1. The Bertz CT molecular complexity index is 260. The molecule has 0 heterocycles. The maximum atomic E-state index is 11.5. The molecule has 1 saturated carbocycles. The van der Waals surface area contributed by atoms with Crippen molar-refractivity contribution in [1.29, 1.82) is 0 Å². The molecule has 1 fully saturated rings. The van der Waals surface area contributed by atoms with Crippen molar-refractivity contribution in [3.8, 4) is 0 Å². The number of carbonyl (C=O) groups excluding carboxylic acids is 1. The van der Waals surface area contributed by atoms with Crippen LogP contribution in [0.4, 0.5) is 0 Å². The monoisotopic (exact) mass is 241 g/mol. The summed E-state index contributed by atoms with van der Waals surface area (Å²) >= 11 is 0. The smallest absolute Gasteiger partial charge is 0.307 e. The zero-order valence-corrected chi connectivity index (χ0v) is 11.9. The average Bonchev–Trinajstić information content (AvgIpc) is 2.28. The third kappa shape index (κ3) is 3.70. The number of hydrogen-bond acceptors (Lipinski definition) is 3. The lowest BCUT2D eigenvalue weighted by Crippen LogP contribution is -2.48. The molecule has 3 heteroatoms. The molecule has 1 N–H and O–H groups in total. The first-order valence-corrected chi connectivity index (χ1v) is 6.59. The molecule has 1 aliphatic carbocycles. The van der Waals surface area contributed by atoms with Gasteiger partial charge in [0.1, 0.15) is 0 Å². The third-order valence-electron chi connectivity index (χ3n) is 4.41. The van der Waals surface area contributed by atoms with E-state index in [0.717, 1.165) is 18.8 Å². The van der Waals surface area contributed by atoms with Crippen molar-refractivity contribution in [2.45, 2.75) is 58.4 Å². The summed E-state index contributed by atoms with van der Waals surface area (Å²) in [6, 6.07) is 0. The number of esters is 1. The molecule has 0 spiro atoms. The van der Waals surface area contributed by atoms with Crippen molar-refractivity contribution in [2.75, 3.05) is 14.2 Å². The fraction of sp³-hybridized carbons (Fsp3) is 0.929. The van der Waals surface area contributed by atoms with Gasteiger partial charge in [-0.05, 0) is 44.1 Å². The van der Waals surface area contributed by atoms with E-state index in [1.54, 1.807) is 0 Å². The van der Waals surface area contributed by atoms with E-state index < -0.39 is 0 Å². The maximum absolute atomic E-state index is 11.5. The summed E-state index contributed by atoms with van der Waals surface area (Å²) in [5.41, 5.74) is 0.347. The molecule has 0 atom stereocenters. The van der Waals surface area contributed by atoms with Crippen molar-refractivity contribution in [2.24, 2.45) is 11.3 Å². The van der Waals surface area contributed by atoms with Crippen LogP contribution in [0.5, 0.6) is 0 Å². The van der Waals surface area contributed by atoms with E-state index in [0.29, 0.717) is 11.8 Å². The van der Waals surface area contributed by atoms with E-state index in [-0.39, 0.29) is 11.5 Å². The van der Waals surface area contributed by atoms with Crippen molar-refractivity contribution in [3.05, 3.63) is 0 Å². The molecule has 1 aliphatic rings. The number of methoxy groups -OCH3 is 1. The Morgan fingerprint density at radius 3 is 2.24 bits per heavy atom. The highest BCUT2D eigenvalue weighted by molar-refractivity contribution is 5.70. The maximum Gasteiger partial charge on any atom is 0.307 e. The minimum atomic E-state index is -0.103. The standard InChI is InChI=1S/C14H27NO2/c1-13(2,3)11-6-8-14(15-4,9-7-11)10-12(16)17-5/h11,15H,6-10H2,1-5H3. The molecule has 0 radical (unpaired) electrons. The lowest BCUT2D eigenvalue weighted by Gasteiger charge is -2.43. The van der Waals surface area contributed by atoms with Gasteiger partial charge in [-0.2, -0.15) is 0 Å². The first-order chi connectivity index (χ1) is 7.83. The second-order valence-corrected chi connectivity index (χ2v) is 6.42. The Morgan fingerprint density at radius 1 is 1.35 bits per heavy atom. The van der Waals surface area contributed by atoms with Gasteiger partial charge in [0, 0.05) is 5.54 Å². The van der Waals surface area contributed by atoms with Gasteiger partial charge in [0.25, 0.3) is 0 Å². The van der Waals surface area contributed by atoms with Crippen molar-refractivity contribution >= 4 is 5.97 Å². The van der Waals surface area contributed by atoms with Gasteiger partial charge in [-0.15, -0.1) is 0 Å². The molecule has 0 amide bonds. The van der Waals surface area contributed by atoms with Crippen LogP contribution in [0.25, 0.3) is 0 Å². The Balaban J connectivity index is 2.60. The molecule has 0 aromatic heterocycles. The minimum Gasteiger partial charge on any atom is -0.469 e. The Hall–Kier alpha value is -0.570. The molecule has 0 bridgehead atoms. The molecule has 0 aromatic carbocycles. The van der Waals surface area contributed by atoms with Crippen LogP contribution in [0.3, 0.4) is 0 Å². The molecule has 100 valence electrons. The molecule has 0 aliphatic heterocycles. The van der Waals surface area contributed by atoms with Gasteiger partial charge in [-0.1, -0.05) is 20.8 Å². The van der Waals surface area contributed by atoms with Gasteiger partial charge in [0.15, 0.2) is 0 Å². The predicted octanol–water partition coefficient (Wildman–Crippen LogP) is 2.74. The fourth-order valence-electron chi connectivity index (χ4n) is 2.90. The molecule has 17 heavy (non-hydrogen) atoms. The topological polar surface area (TPSA) is 38.3 Å². The zero-order chi connectivity index (χ0) is 13.1. The van der Waals surface area contributed by atoms with Gasteiger partial charge in [-0.3, -0.25) is 4.79 Å². The SMILES string of the molecule is CNC1(CC(=O)OC)CCC(C(C)(C)C)CC1. The highest BCUT2D eigenvalue weighted by Crippen LogP contribution is 2.42. The van der Waals surface area contributed by atoms with E-state index in [9.17, 15) is 4.79 Å². The Morgan fingerprint density at radius 2 is 1.88 bits per heavy atom. The summed E-state index contributed by atoms with van der Waals surface area (Å²) in [7, 11) is 3.42. The number of rotatable bonds is 3. The zero-order valence-electron chi connectivity index (χ0n) is 11.9. The van der Waals surface area contributed by atoms with Crippen LogP contribution < -0.4 is 5.32 Å². The van der Waals surface area contributed by atoms with E-state index >= 15 is 0 Å². The summed E-state index contributed by atoms with van der Waals surface area (Å²) in [5.74, 6) is 0.662. The van der Waals surface area contributed by atoms with Gasteiger partial charge >= 0.3 is 5.97 Å².